The van der Waals surface area contributed by atoms with Crippen molar-refractivity contribution in [1.29, 1.82) is 0 Å². The van der Waals surface area contributed by atoms with E-state index in [0.717, 1.165) is 13.1 Å². The standard InChI is InChI=1S/C7H11N3/c1-2-4-10(3-1)9-7-5-8-6-7/h1-4,7-9H,5-6H2. The predicted octanol–water partition coefficient (Wildman–Crippen LogP) is 0.00340. The molecule has 1 fully saturated rings. The topological polar surface area (TPSA) is 29.0 Å². The van der Waals surface area contributed by atoms with Gasteiger partial charge < -0.3 is 10.7 Å². The van der Waals surface area contributed by atoms with Crippen molar-refractivity contribution < 1.29 is 0 Å². The van der Waals surface area contributed by atoms with Gasteiger partial charge in [0.25, 0.3) is 0 Å². The Hall–Kier alpha value is -0.960. The van der Waals surface area contributed by atoms with Gasteiger partial charge in [-0.2, -0.15) is 0 Å². The summed E-state index contributed by atoms with van der Waals surface area (Å²) in [4.78, 5) is 0. The van der Waals surface area contributed by atoms with E-state index in [9.17, 15) is 0 Å². The third-order valence-corrected chi connectivity index (χ3v) is 1.72. The van der Waals surface area contributed by atoms with Crippen LogP contribution in [0.1, 0.15) is 0 Å². The third kappa shape index (κ3) is 0.998. The molecule has 10 heavy (non-hydrogen) atoms. The van der Waals surface area contributed by atoms with E-state index in [2.05, 4.69) is 10.7 Å². The van der Waals surface area contributed by atoms with Crippen molar-refractivity contribution in [3.8, 4) is 0 Å². The molecule has 0 unspecified atom stereocenters. The number of aromatic nitrogens is 1. The van der Waals surface area contributed by atoms with Gasteiger partial charge in [0.05, 0.1) is 6.04 Å². The van der Waals surface area contributed by atoms with E-state index in [1.165, 1.54) is 0 Å². The third-order valence-electron chi connectivity index (χ3n) is 1.72. The molecular weight excluding hydrogens is 126 g/mol. The number of hydrogen-bond donors (Lipinski definition) is 2. The maximum absolute atomic E-state index is 3.31. The van der Waals surface area contributed by atoms with Gasteiger partial charge in [-0.3, -0.25) is 4.68 Å². The summed E-state index contributed by atoms with van der Waals surface area (Å²) < 4.78 is 1.99. The molecule has 3 nitrogen and oxygen atoms in total. The van der Waals surface area contributed by atoms with Gasteiger partial charge in [-0.05, 0) is 12.1 Å². The first-order valence-electron chi connectivity index (χ1n) is 3.55. The van der Waals surface area contributed by atoms with Crippen LogP contribution in [0.25, 0.3) is 0 Å². The van der Waals surface area contributed by atoms with Gasteiger partial charge >= 0.3 is 0 Å². The molecule has 1 saturated heterocycles. The van der Waals surface area contributed by atoms with Crippen molar-refractivity contribution >= 4 is 0 Å². The van der Waals surface area contributed by atoms with E-state index >= 15 is 0 Å². The second-order valence-electron chi connectivity index (χ2n) is 2.57. The largest absolute Gasteiger partial charge is 0.321 e. The van der Waals surface area contributed by atoms with Crippen LogP contribution >= 0.6 is 0 Å². The molecule has 0 amide bonds. The molecule has 1 aliphatic rings. The van der Waals surface area contributed by atoms with E-state index in [1.807, 2.05) is 29.2 Å². The van der Waals surface area contributed by atoms with Crippen LogP contribution in [0.3, 0.4) is 0 Å². The minimum absolute atomic E-state index is 0.618. The van der Waals surface area contributed by atoms with E-state index < -0.39 is 0 Å². The van der Waals surface area contributed by atoms with E-state index in [1.54, 1.807) is 0 Å². The van der Waals surface area contributed by atoms with Crippen LogP contribution in [-0.4, -0.2) is 23.8 Å². The van der Waals surface area contributed by atoms with Crippen LogP contribution in [0.5, 0.6) is 0 Å². The second-order valence-corrected chi connectivity index (χ2v) is 2.57. The van der Waals surface area contributed by atoms with Crippen molar-refractivity contribution in [1.82, 2.24) is 9.99 Å². The van der Waals surface area contributed by atoms with Gasteiger partial charge in [0.1, 0.15) is 0 Å². The van der Waals surface area contributed by atoms with E-state index in [4.69, 9.17) is 0 Å². The average Bonchev–Trinajstić information content (AvgIpc) is 2.29. The zero-order valence-corrected chi connectivity index (χ0v) is 5.75. The van der Waals surface area contributed by atoms with Gasteiger partial charge in [0.15, 0.2) is 0 Å². The molecule has 1 aliphatic heterocycles. The van der Waals surface area contributed by atoms with Crippen LogP contribution in [0, 0.1) is 0 Å². The van der Waals surface area contributed by atoms with Crippen LogP contribution in [0.4, 0.5) is 0 Å². The minimum Gasteiger partial charge on any atom is -0.321 e. The minimum atomic E-state index is 0.618. The van der Waals surface area contributed by atoms with Crippen LogP contribution in [0.15, 0.2) is 24.5 Å². The van der Waals surface area contributed by atoms with Crippen molar-refractivity contribution in [3.05, 3.63) is 24.5 Å². The highest BCUT2D eigenvalue weighted by atomic mass is 15.4. The Balaban J connectivity index is 1.90. The highest BCUT2D eigenvalue weighted by Crippen LogP contribution is 1.94. The normalized spacial score (nSPS) is 18.4. The summed E-state index contributed by atoms with van der Waals surface area (Å²) in [6.07, 6.45) is 4.02. The molecule has 2 N–H and O–H groups in total. The first kappa shape index (κ1) is 5.80. The van der Waals surface area contributed by atoms with Gasteiger partial charge in [-0.1, -0.05) is 0 Å². The van der Waals surface area contributed by atoms with E-state index in [-0.39, 0.29) is 0 Å². The average molecular weight is 137 g/mol. The molecule has 1 aromatic rings. The smallest absolute Gasteiger partial charge is 0.0673 e. The number of nitrogens with one attached hydrogen (secondary N) is 2. The van der Waals surface area contributed by atoms with Gasteiger partial charge in [0.2, 0.25) is 0 Å². The highest BCUT2D eigenvalue weighted by molar-refractivity contribution is 4.98. The fourth-order valence-corrected chi connectivity index (χ4v) is 1.01. The Kier molecular flexibility index (Phi) is 1.36. The lowest BCUT2D eigenvalue weighted by molar-refractivity contribution is 0.442. The lowest BCUT2D eigenvalue weighted by Gasteiger charge is -2.29. The SMILES string of the molecule is c1ccn(NC2CNC2)c1. The maximum atomic E-state index is 3.31. The van der Waals surface area contributed by atoms with Gasteiger partial charge in [0, 0.05) is 25.5 Å². The zero-order chi connectivity index (χ0) is 6.81. The van der Waals surface area contributed by atoms with E-state index in [0.29, 0.717) is 6.04 Å². The summed E-state index contributed by atoms with van der Waals surface area (Å²) in [6.45, 7) is 2.16. The number of rotatable bonds is 2. The lowest BCUT2D eigenvalue weighted by atomic mass is 10.2. The molecule has 0 bridgehead atoms. The molecule has 0 spiro atoms. The molecule has 1 aromatic heterocycles. The molecule has 2 rings (SSSR count). The van der Waals surface area contributed by atoms with Crippen LogP contribution < -0.4 is 10.7 Å². The first-order valence-corrected chi connectivity index (χ1v) is 3.55. The molecule has 2 heterocycles. The molecule has 3 heteroatoms. The van der Waals surface area contributed by atoms with Crippen LogP contribution in [-0.2, 0) is 0 Å². The Morgan fingerprint density at radius 2 is 2.00 bits per heavy atom. The summed E-state index contributed by atoms with van der Waals surface area (Å²) in [6, 6.07) is 4.64. The fourth-order valence-electron chi connectivity index (χ4n) is 1.01. The summed E-state index contributed by atoms with van der Waals surface area (Å²) in [5.41, 5.74) is 3.31. The molecule has 0 aromatic carbocycles. The molecule has 0 radical (unpaired) electrons. The molecule has 54 valence electrons. The Bertz CT molecular complexity index is 189. The van der Waals surface area contributed by atoms with Crippen LogP contribution in [0.2, 0.25) is 0 Å². The lowest BCUT2D eigenvalue weighted by Crippen LogP contribution is -2.53. The fraction of sp³-hybridized carbons (Fsp3) is 0.429. The predicted molar refractivity (Wildman–Crippen MR) is 40.5 cm³/mol. The van der Waals surface area contributed by atoms with Crippen molar-refractivity contribution in [3.63, 3.8) is 0 Å². The first-order chi connectivity index (χ1) is 4.95. The number of nitrogens with zero attached hydrogens (tertiary/aromatic N) is 1. The highest BCUT2D eigenvalue weighted by Gasteiger charge is 2.14. The molecule has 0 aliphatic carbocycles. The molecule has 0 saturated carbocycles. The summed E-state index contributed by atoms with van der Waals surface area (Å²) >= 11 is 0. The summed E-state index contributed by atoms with van der Waals surface area (Å²) in [7, 11) is 0. The van der Waals surface area contributed by atoms with Crippen molar-refractivity contribution in [2.24, 2.45) is 0 Å². The zero-order valence-electron chi connectivity index (χ0n) is 5.75. The van der Waals surface area contributed by atoms with Gasteiger partial charge in [-0.25, -0.2) is 0 Å². The monoisotopic (exact) mass is 137 g/mol. The molecular formula is C7H11N3. The Morgan fingerprint density at radius 1 is 1.30 bits per heavy atom. The summed E-state index contributed by atoms with van der Waals surface area (Å²) in [5.74, 6) is 0. The van der Waals surface area contributed by atoms with Crippen molar-refractivity contribution in [2.45, 2.75) is 6.04 Å². The molecule has 0 atom stereocenters. The van der Waals surface area contributed by atoms with Gasteiger partial charge in [-0.15, -0.1) is 0 Å². The number of hydrogen-bond acceptors (Lipinski definition) is 2. The summed E-state index contributed by atoms with van der Waals surface area (Å²) in [5, 5.41) is 3.20. The Morgan fingerprint density at radius 3 is 2.50 bits per heavy atom. The quantitative estimate of drug-likeness (QED) is 0.601. The second kappa shape index (κ2) is 2.34. The Labute approximate surface area is 60.0 Å². The maximum Gasteiger partial charge on any atom is 0.0673 e. The van der Waals surface area contributed by atoms with Crippen molar-refractivity contribution in [2.75, 3.05) is 18.5 Å².